The van der Waals surface area contributed by atoms with Gasteiger partial charge in [-0.1, -0.05) is 38.1 Å². The van der Waals surface area contributed by atoms with E-state index in [-0.39, 0.29) is 11.8 Å². The molecule has 31 heavy (non-hydrogen) atoms. The molecule has 2 heterocycles. The van der Waals surface area contributed by atoms with E-state index >= 15 is 0 Å². The van der Waals surface area contributed by atoms with Crippen LogP contribution in [-0.4, -0.2) is 49.6 Å². The lowest BCUT2D eigenvalue weighted by atomic mass is 10.0. The van der Waals surface area contributed by atoms with Gasteiger partial charge in [-0.3, -0.25) is 9.59 Å². The summed E-state index contributed by atoms with van der Waals surface area (Å²) in [5, 5.41) is 0. The fourth-order valence-electron chi connectivity index (χ4n) is 3.91. The van der Waals surface area contributed by atoms with Crippen molar-refractivity contribution in [1.29, 1.82) is 0 Å². The third kappa shape index (κ3) is 4.21. The van der Waals surface area contributed by atoms with Gasteiger partial charge in [0, 0.05) is 13.1 Å². The van der Waals surface area contributed by atoms with Gasteiger partial charge in [0.2, 0.25) is 0 Å². The second-order valence-corrected chi connectivity index (χ2v) is 7.66. The Hall–Kier alpha value is -3.12. The number of carbonyl (C=O) groups excluding carboxylic acids is 2. The van der Waals surface area contributed by atoms with Gasteiger partial charge < -0.3 is 14.4 Å². The number of amides is 2. The summed E-state index contributed by atoms with van der Waals surface area (Å²) < 4.78 is 11.1. The summed E-state index contributed by atoms with van der Waals surface area (Å²) in [5.41, 5.74) is 3.36. The quantitative estimate of drug-likeness (QED) is 0.640. The topological polar surface area (TPSA) is 59.1 Å². The third-order valence-corrected chi connectivity index (χ3v) is 5.61. The van der Waals surface area contributed by atoms with Gasteiger partial charge in [0.25, 0.3) is 11.8 Å². The first kappa shape index (κ1) is 21.1. The van der Waals surface area contributed by atoms with Crippen LogP contribution in [0, 0.1) is 0 Å². The fraction of sp³-hybridized carbons (Fsp3) is 0.360. The van der Waals surface area contributed by atoms with Crippen LogP contribution in [0.15, 0.2) is 54.2 Å². The first-order chi connectivity index (χ1) is 15.1. The highest BCUT2D eigenvalue weighted by molar-refractivity contribution is 6.45. The molecule has 0 radical (unpaired) electrons. The Morgan fingerprint density at radius 3 is 2.19 bits per heavy atom. The lowest BCUT2D eigenvalue weighted by Crippen LogP contribution is -2.40. The van der Waals surface area contributed by atoms with E-state index in [2.05, 4.69) is 13.8 Å². The zero-order chi connectivity index (χ0) is 21.8. The van der Waals surface area contributed by atoms with Crippen LogP contribution in [0.4, 0.5) is 5.69 Å². The van der Waals surface area contributed by atoms with Gasteiger partial charge in [0.15, 0.2) is 0 Å². The van der Waals surface area contributed by atoms with Crippen molar-refractivity contribution in [2.45, 2.75) is 26.7 Å². The molecular weight excluding hydrogens is 392 g/mol. The maximum atomic E-state index is 13.5. The highest BCUT2D eigenvalue weighted by Gasteiger charge is 2.42. The van der Waals surface area contributed by atoms with Crippen LogP contribution in [0.3, 0.4) is 0 Å². The van der Waals surface area contributed by atoms with Crippen molar-refractivity contribution in [2.24, 2.45) is 0 Å². The lowest BCUT2D eigenvalue weighted by Gasteiger charge is -2.29. The van der Waals surface area contributed by atoms with E-state index in [9.17, 15) is 9.59 Å². The van der Waals surface area contributed by atoms with Gasteiger partial charge in [-0.25, -0.2) is 4.90 Å². The number of benzene rings is 2. The molecule has 2 aliphatic rings. The van der Waals surface area contributed by atoms with Crippen molar-refractivity contribution in [3.63, 3.8) is 0 Å². The van der Waals surface area contributed by atoms with E-state index < -0.39 is 0 Å². The van der Waals surface area contributed by atoms with Crippen LogP contribution in [0.2, 0.25) is 0 Å². The minimum atomic E-state index is -0.294. The maximum Gasteiger partial charge on any atom is 0.282 e. The Bertz CT molecular complexity index is 974. The smallest absolute Gasteiger partial charge is 0.282 e. The number of anilines is 1. The summed E-state index contributed by atoms with van der Waals surface area (Å²) in [6, 6.07) is 15.0. The monoisotopic (exact) mass is 420 g/mol. The van der Waals surface area contributed by atoms with Crippen LogP contribution in [-0.2, 0) is 20.7 Å². The molecular formula is C25H28N2O4. The van der Waals surface area contributed by atoms with Crippen molar-refractivity contribution in [3.8, 4) is 5.75 Å². The number of rotatable bonds is 7. The molecule has 0 aromatic heterocycles. The highest BCUT2D eigenvalue weighted by atomic mass is 16.5. The van der Waals surface area contributed by atoms with Gasteiger partial charge in [0.1, 0.15) is 11.4 Å². The molecule has 0 saturated carbocycles. The summed E-state index contributed by atoms with van der Waals surface area (Å²) >= 11 is 0. The molecule has 6 nitrogen and oxygen atoms in total. The molecule has 162 valence electrons. The first-order valence-corrected chi connectivity index (χ1v) is 10.9. The zero-order valence-electron chi connectivity index (χ0n) is 18.1. The number of imide groups is 1. The second kappa shape index (κ2) is 9.35. The maximum absolute atomic E-state index is 13.5. The summed E-state index contributed by atoms with van der Waals surface area (Å²) in [6.45, 7) is 7.00. The largest absolute Gasteiger partial charge is 0.494 e. The number of hydrogen-bond donors (Lipinski definition) is 0. The molecule has 0 unspecified atom stereocenters. The van der Waals surface area contributed by atoms with E-state index in [1.807, 2.05) is 53.4 Å². The molecule has 6 heteroatoms. The van der Waals surface area contributed by atoms with E-state index in [1.54, 1.807) is 0 Å². The summed E-state index contributed by atoms with van der Waals surface area (Å²) in [6.07, 6.45) is 1.82. The Balaban J connectivity index is 1.72. The Morgan fingerprint density at radius 2 is 1.58 bits per heavy atom. The minimum Gasteiger partial charge on any atom is -0.494 e. The van der Waals surface area contributed by atoms with Crippen LogP contribution >= 0.6 is 0 Å². The van der Waals surface area contributed by atoms with E-state index in [0.29, 0.717) is 49.9 Å². The Labute approximate surface area is 183 Å². The molecule has 2 aromatic rings. The second-order valence-electron chi connectivity index (χ2n) is 7.66. The Kier molecular flexibility index (Phi) is 6.37. The number of morpholine rings is 1. The molecule has 0 bridgehead atoms. The third-order valence-electron chi connectivity index (χ3n) is 5.61. The van der Waals surface area contributed by atoms with Crippen LogP contribution in [0.1, 0.15) is 31.4 Å². The summed E-state index contributed by atoms with van der Waals surface area (Å²) in [7, 11) is 0. The SMILES string of the molecule is CCCOc1ccc(C2=C(N3CCOCC3)C(=O)N(c3ccc(CC)cc3)C2=O)cc1. The summed E-state index contributed by atoms with van der Waals surface area (Å²) in [4.78, 5) is 30.3. The van der Waals surface area contributed by atoms with Gasteiger partial charge >= 0.3 is 0 Å². The standard InChI is InChI=1S/C25H28N2O4/c1-3-15-31-21-11-7-19(8-12-21)22-23(26-13-16-30-17-14-26)25(29)27(24(22)28)20-9-5-18(4-2)6-10-20/h5-12H,3-4,13-17H2,1-2H3. The van der Waals surface area contributed by atoms with Gasteiger partial charge in [-0.05, 0) is 48.2 Å². The van der Waals surface area contributed by atoms with Gasteiger partial charge in [0.05, 0.1) is 31.1 Å². The number of ether oxygens (including phenoxy) is 2. The average molecular weight is 421 g/mol. The molecule has 4 rings (SSSR count). The predicted octanol–water partition coefficient (Wildman–Crippen LogP) is 3.65. The fourth-order valence-corrected chi connectivity index (χ4v) is 3.91. The van der Waals surface area contributed by atoms with Gasteiger partial charge in [-0.15, -0.1) is 0 Å². The van der Waals surface area contributed by atoms with E-state index in [0.717, 1.165) is 29.7 Å². The zero-order valence-corrected chi connectivity index (χ0v) is 18.1. The minimum absolute atomic E-state index is 0.280. The van der Waals surface area contributed by atoms with Crippen LogP contribution < -0.4 is 9.64 Å². The summed E-state index contributed by atoms with van der Waals surface area (Å²) in [5.74, 6) is 0.179. The van der Waals surface area contributed by atoms with Crippen molar-refractivity contribution in [2.75, 3.05) is 37.8 Å². The number of nitrogens with zero attached hydrogens (tertiary/aromatic N) is 2. The molecule has 1 fully saturated rings. The molecule has 2 amide bonds. The van der Waals surface area contributed by atoms with Crippen molar-refractivity contribution in [1.82, 2.24) is 4.90 Å². The molecule has 1 saturated heterocycles. The van der Waals surface area contributed by atoms with Crippen LogP contribution in [0.25, 0.3) is 5.57 Å². The number of hydrogen-bond acceptors (Lipinski definition) is 5. The molecule has 0 spiro atoms. The predicted molar refractivity (Wildman–Crippen MR) is 120 cm³/mol. The van der Waals surface area contributed by atoms with Crippen molar-refractivity contribution < 1.29 is 19.1 Å². The van der Waals surface area contributed by atoms with Crippen molar-refractivity contribution in [3.05, 3.63) is 65.4 Å². The van der Waals surface area contributed by atoms with Gasteiger partial charge in [-0.2, -0.15) is 0 Å². The molecule has 2 aromatic carbocycles. The first-order valence-electron chi connectivity index (χ1n) is 10.9. The van der Waals surface area contributed by atoms with E-state index in [4.69, 9.17) is 9.47 Å². The highest BCUT2D eigenvalue weighted by Crippen LogP contribution is 2.35. The molecule has 0 aliphatic carbocycles. The Morgan fingerprint density at radius 1 is 0.903 bits per heavy atom. The average Bonchev–Trinajstić information content (AvgIpc) is 3.08. The molecule has 0 atom stereocenters. The molecule has 0 N–H and O–H groups in total. The number of aryl methyl sites for hydroxylation is 1. The normalized spacial score (nSPS) is 17.0. The van der Waals surface area contributed by atoms with Crippen molar-refractivity contribution >= 4 is 23.1 Å². The van der Waals surface area contributed by atoms with E-state index in [1.165, 1.54) is 4.90 Å². The lowest BCUT2D eigenvalue weighted by molar-refractivity contribution is -0.121. The number of carbonyl (C=O) groups is 2. The molecule has 2 aliphatic heterocycles. The van der Waals surface area contributed by atoms with Crippen LogP contribution in [0.5, 0.6) is 5.75 Å².